The van der Waals surface area contributed by atoms with E-state index in [0.29, 0.717) is 4.83 Å². The normalized spacial score (nSPS) is 13.7. The molecule has 0 heterocycles. The Balaban J connectivity index is 3.33. The smallest absolute Gasteiger partial charge is 0.0600 e. The van der Waals surface area contributed by atoms with Gasteiger partial charge in [-0.05, 0) is 19.4 Å². The zero-order chi connectivity index (χ0) is 12.4. The molecule has 0 saturated heterocycles. The van der Waals surface area contributed by atoms with Crippen molar-refractivity contribution in [2.45, 2.75) is 25.1 Å². The van der Waals surface area contributed by atoms with Crippen LogP contribution in [0.5, 0.6) is 0 Å². The predicted octanol–water partition coefficient (Wildman–Crippen LogP) is 2.39. The van der Waals surface area contributed by atoms with Gasteiger partial charge in [-0.25, -0.2) is 0 Å². The fraction of sp³-hybridized carbons (Fsp3) is 1.00. The summed E-state index contributed by atoms with van der Waals surface area (Å²) in [6.45, 7) is 8.84. The molecule has 0 aliphatic heterocycles. The van der Waals surface area contributed by atoms with E-state index in [-0.39, 0.29) is 0 Å². The summed E-state index contributed by atoms with van der Waals surface area (Å²) >= 11 is 3.57. The van der Waals surface area contributed by atoms with Gasteiger partial charge in [0.25, 0.3) is 0 Å². The Bertz CT molecular complexity index is 156. The number of rotatable bonds is 10. The van der Waals surface area contributed by atoms with Gasteiger partial charge in [-0.2, -0.15) is 0 Å². The molecule has 0 radical (unpaired) electrons. The molecule has 1 unspecified atom stereocenters. The van der Waals surface area contributed by atoms with Crippen LogP contribution in [-0.4, -0.2) is 56.8 Å². The van der Waals surface area contributed by atoms with E-state index in [9.17, 15) is 0 Å². The van der Waals surface area contributed by atoms with Crippen molar-refractivity contribution in [1.29, 1.82) is 0 Å². The maximum atomic E-state index is 5.57. The quantitative estimate of drug-likeness (QED) is 0.456. The first-order chi connectivity index (χ1) is 7.56. The Morgan fingerprint density at radius 2 is 1.94 bits per heavy atom. The Morgan fingerprint density at radius 3 is 2.50 bits per heavy atom. The van der Waals surface area contributed by atoms with E-state index < -0.39 is 0 Å². The molecule has 98 valence electrons. The minimum absolute atomic E-state index is 0.401. The summed E-state index contributed by atoms with van der Waals surface area (Å²) in [5.74, 6) is 0.728. The lowest BCUT2D eigenvalue weighted by Crippen LogP contribution is -2.31. The number of ether oxygens (including phenoxy) is 2. The maximum Gasteiger partial charge on any atom is 0.0600 e. The number of nitrogens with zero attached hydrogens (tertiary/aromatic N) is 1. The lowest BCUT2D eigenvalue weighted by atomic mass is 10.1. The maximum absolute atomic E-state index is 5.57. The van der Waals surface area contributed by atoms with Crippen LogP contribution in [0.15, 0.2) is 0 Å². The van der Waals surface area contributed by atoms with E-state index in [1.54, 1.807) is 7.11 Å². The number of methoxy groups -OCH3 is 1. The number of likely N-dealkylation sites (N-methyl/N-ethyl adjacent to an activating group) is 1. The van der Waals surface area contributed by atoms with Crippen LogP contribution >= 0.6 is 15.9 Å². The van der Waals surface area contributed by atoms with E-state index in [4.69, 9.17) is 9.47 Å². The Kier molecular flexibility index (Phi) is 10.7. The molecule has 0 amide bonds. The first kappa shape index (κ1) is 16.4. The minimum Gasteiger partial charge on any atom is -0.383 e. The molecule has 4 heteroatoms. The molecular formula is C12H26BrNO2. The van der Waals surface area contributed by atoms with E-state index >= 15 is 0 Å². The standard InChI is InChI=1S/C12H26BrNO2/c1-11(2)5-7-16-8-6-14(3)9-12(13)10-15-4/h11-12H,5-10H2,1-4H3. The van der Waals surface area contributed by atoms with Crippen molar-refractivity contribution < 1.29 is 9.47 Å². The topological polar surface area (TPSA) is 21.7 Å². The van der Waals surface area contributed by atoms with Gasteiger partial charge in [-0.15, -0.1) is 0 Å². The molecule has 1 atom stereocenters. The Morgan fingerprint density at radius 1 is 1.25 bits per heavy atom. The third-order valence-electron chi connectivity index (χ3n) is 2.31. The fourth-order valence-corrected chi connectivity index (χ4v) is 2.06. The molecular weight excluding hydrogens is 270 g/mol. The van der Waals surface area contributed by atoms with Gasteiger partial charge in [0.15, 0.2) is 0 Å². The van der Waals surface area contributed by atoms with Gasteiger partial charge in [0.05, 0.1) is 18.0 Å². The molecule has 16 heavy (non-hydrogen) atoms. The summed E-state index contributed by atoms with van der Waals surface area (Å²) in [7, 11) is 3.83. The van der Waals surface area contributed by atoms with E-state index in [0.717, 1.165) is 45.2 Å². The second kappa shape index (κ2) is 10.5. The average molecular weight is 296 g/mol. The lowest BCUT2D eigenvalue weighted by Gasteiger charge is -2.19. The van der Waals surface area contributed by atoms with Crippen LogP contribution in [0.3, 0.4) is 0 Å². The van der Waals surface area contributed by atoms with Crippen LogP contribution in [0.1, 0.15) is 20.3 Å². The summed E-state index contributed by atoms with van der Waals surface area (Å²) < 4.78 is 10.6. The average Bonchev–Trinajstić information content (AvgIpc) is 2.16. The molecule has 0 aromatic rings. The van der Waals surface area contributed by atoms with Crippen LogP contribution in [0.2, 0.25) is 0 Å². The second-order valence-corrected chi connectivity index (χ2v) is 5.90. The van der Waals surface area contributed by atoms with Crippen molar-refractivity contribution in [2.75, 3.05) is 47.1 Å². The molecule has 0 saturated carbocycles. The summed E-state index contributed by atoms with van der Waals surface area (Å²) in [5.41, 5.74) is 0. The molecule has 0 N–H and O–H groups in total. The zero-order valence-corrected chi connectivity index (χ0v) is 12.6. The van der Waals surface area contributed by atoms with Gasteiger partial charge in [-0.3, -0.25) is 0 Å². The van der Waals surface area contributed by atoms with Gasteiger partial charge in [-0.1, -0.05) is 29.8 Å². The van der Waals surface area contributed by atoms with E-state index in [1.165, 1.54) is 0 Å². The van der Waals surface area contributed by atoms with E-state index in [2.05, 4.69) is 41.7 Å². The number of hydrogen-bond donors (Lipinski definition) is 0. The van der Waals surface area contributed by atoms with Crippen LogP contribution in [0, 0.1) is 5.92 Å². The third-order valence-corrected chi connectivity index (χ3v) is 2.87. The van der Waals surface area contributed by atoms with Gasteiger partial charge in [0, 0.05) is 26.8 Å². The number of halogens is 1. The number of hydrogen-bond acceptors (Lipinski definition) is 3. The molecule has 0 bridgehead atoms. The van der Waals surface area contributed by atoms with Crippen molar-refractivity contribution in [3.05, 3.63) is 0 Å². The fourth-order valence-electron chi connectivity index (χ4n) is 1.30. The Hall–Kier alpha value is 0.360. The molecule has 0 fully saturated rings. The SMILES string of the molecule is COCC(Br)CN(C)CCOCCC(C)C. The van der Waals surface area contributed by atoms with Gasteiger partial charge >= 0.3 is 0 Å². The highest BCUT2D eigenvalue weighted by atomic mass is 79.9. The number of alkyl halides is 1. The second-order valence-electron chi connectivity index (χ2n) is 4.61. The summed E-state index contributed by atoms with van der Waals surface area (Å²) in [5, 5.41) is 0. The zero-order valence-electron chi connectivity index (χ0n) is 11.0. The van der Waals surface area contributed by atoms with Crippen molar-refractivity contribution in [2.24, 2.45) is 5.92 Å². The van der Waals surface area contributed by atoms with Crippen molar-refractivity contribution in [1.82, 2.24) is 4.90 Å². The first-order valence-corrected chi connectivity index (χ1v) is 6.87. The molecule has 0 spiro atoms. The van der Waals surface area contributed by atoms with Crippen LogP contribution in [0.25, 0.3) is 0 Å². The minimum atomic E-state index is 0.401. The molecule has 0 aromatic carbocycles. The largest absolute Gasteiger partial charge is 0.383 e. The van der Waals surface area contributed by atoms with Gasteiger partial charge in [0.1, 0.15) is 0 Å². The highest BCUT2D eigenvalue weighted by Gasteiger charge is 2.07. The summed E-state index contributed by atoms with van der Waals surface area (Å²) in [6, 6.07) is 0. The van der Waals surface area contributed by atoms with E-state index in [1.807, 2.05) is 0 Å². The highest BCUT2D eigenvalue weighted by molar-refractivity contribution is 9.09. The molecule has 0 aliphatic rings. The molecule has 0 aromatic heterocycles. The van der Waals surface area contributed by atoms with Gasteiger partial charge in [0.2, 0.25) is 0 Å². The lowest BCUT2D eigenvalue weighted by molar-refractivity contribution is 0.100. The van der Waals surface area contributed by atoms with Crippen LogP contribution < -0.4 is 0 Å². The summed E-state index contributed by atoms with van der Waals surface area (Å²) in [6.07, 6.45) is 1.15. The van der Waals surface area contributed by atoms with Crippen molar-refractivity contribution in [3.63, 3.8) is 0 Å². The highest BCUT2D eigenvalue weighted by Crippen LogP contribution is 2.02. The first-order valence-electron chi connectivity index (χ1n) is 5.95. The van der Waals surface area contributed by atoms with Crippen molar-refractivity contribution in [3.8, 4) is 0 Å². The van der Waals surface area contributed by atoms with Crippen LogP contribution in [0.4, 0.5) is 0 Å². The molecule has 0 aliphatic carbocycles. The summed E-state index contributed by atoms with van der Waals surface area (Å²) in [4.78, 5) is 2.66. The monoisotopic (exact) mass is 295 g/mol. The molecule has 0 rings (SSSR count). The van der Waals surface area contributed by atoms with Crippen LogP contribution in [-0.2, 0) is 9.47 Å². The third kappa shape index (κ3) is 10.9. The van der Waals surface area contributed by atoms with Crippen molar-refractivity contribution >= 4 is 15.9 Å². The predicted molar refractivity (Wildman–Crippen MR) is 72.4 cm³/mol. The molecule has 3 nitrogen and oxygen atoms in total. The Labute approximate surface area is 109 Å². The van der Waals surface area contributed by atoms with Gasteiger partial charge < -0.3 is 14.4 Å².